The largest absolute Gasteiger partial charge is 0.492 e. The Balaban J connectivity index is 1.61. The topological polar surface area (TPSA) is 76.6 Å². The van der Waals surface area contributed by atoms with E-state index in [-0.39, 0.29) is 12.5 Å². The van der Waals surface area contributed by atoms with E-state index >= 15 is 0 Å². The van der Waals surface area contributed by atoms with Crippen molar-refractivity contribution in [2.24, 2.45) is 0 Å². The second-order valence-electron chi connectivity index (χ2n) is 6.81. The Hall–Kier alpha value is -2.83. The molecule has 1 aromatic heterocycles. The fraction of sp³-hybridized carbons (Fsp3) is 0.476. The molecule has 0 unspecified atom stereocenters. The summed E-state index contributed by atoms with van der Waals surface area (Å²) in [6.07, 6.45) is 4.79. The Morgan fingerprint density at radius 3 is 2.61 bits per heavy atom. The fourth-order valence-electron chi connectivity index (χ4n) is 3.19. The van der Waals surface area contributed by atoms with Crippen molar-refractivity contribution < 1.29 is 14.3 Å². The summed E-state index contributed by atoms with van der Waals surface area (Å²) < 4.78 is 11.2. The average molecular weight is 384 g/mol. The third-order valence-electron chi connectivity index (χ3n) is 4.52. The van der Waals surface area contributed by atoms with E-state index in [1.807, 2.05) is 32.0 Å². The van der Waals surface area contributed by atoms with Gasteiger partial charge in [0.15, 0.2) is 6.61 Å². The minimum absolute atomic E-state index is 0.129. The van der Waals surface area contributed by atoms with Gasteiger partial charge in [-0.05, 0) is 38.8 Å². The Bertz CT molecular complexity index is 789. The quantitative estimate of drug-likeness (QED) is 0.786. The maximum Gasteiger partial charge on any atom is 0.262 e. The first-order valence-electron chi connectivity index (χ1n) is 9.91. The Kier molecular flexibility index (Phi) is 7.06. The third kappa shape index (κ3) is 5.58. The Morgan fingerprint density at radius 1 is 1.11 bits per heavy atom. The Morgan fingerprint density at radius 2 is 1.86 bits per heavy atom. The number of hydrogen-bond donors (Lipinski definition) is 1. The molecule has 1 N–H and O–H groups in total. The molecule has 1 aliphatic heterocycles. The molecule has 0 atom stereocenters. The number of hydrogen-bond acceptors (Lipinski definition) is 6. The summed E-state index contributed by atoms with van der Waals surface area (Å²) in [4.78, 5) is 23.6. The number of nitrogens with zero attached hydrogens (tertiary/aromatic N) is 3. The number of amides is 1. The van der Waals surface area contributed by atoms with Crippen LogP contribution in [0.4, 0.5) is 11.6 Å². The van der Waals surface area contributed by atoms with E-state index in [1.165, 1.54) is 12.8 Å². The van der Waals surface area contributed by atoms with Crippen molar-refractivity contribution in [3.8, 4) is 11.6 Å². The molecule has 0 bridgehead atoms. The van der Waals surface area contributed by atoms with Crippen LogP contribution < -0.4 is 19.7 Å². The zero-order valence-electron chi connectivity index (χ0n) is 16.6. The molecule has 1 fully saturated rings. The van der Waals surface area contributed by atoms with Gasteiger partial charge >= 0.3 is 0 Å². The van der Waals surface area contributed by atoms with Gasteiger partial charge in [-0.15, -0.1) is 0 Å². The fourth-order valence-corrected chi connectivity index (χ4v) is 3.19. The lowest BCUT2D eigenvalue weighted by Gasteiger charge is -2.21. The highest BCUT2D eigenvalue weighted by Crippen LogP contribution is 2.24. The highest BCUT2D eigenvalue weighted by molar-refractivity contribution is 5.93. The van der Waals surface area contributed by atoms with Crippen LogP contribution in [0.2, 0.25) is 0 Å². The molecule has 150 valence electrons. The van der Waals surface area contributed by atoms with Crippen molar-refractivity contribution in [3.63, 3.8) is 0 Å². The summed E-state index contributed by atoms with van der Waals surface area (Å²) in [6, 6.07) is 9.09. The first-order chi connectivity index (χ1) is 13.7. The Labute approximate surface area is 166 Å². The first kappa shape index (κ1) is 19.9. The smallest absolute Gasteiger partial charge is 0.262 e. The third-order valence-corrected chi connectivity index (χ3v) is 4.52. The molecule has 3 rings (SSSR count). The number of carbonyl (C=O) groups excluding carboxylic acids is 1. The number of rotatable bonds is 7. The van der Waals surface area contributed by atoms with Gasteiger partial charge in [0.05, 0.1) is 12.3 Å². The van der Waals surface area contributed by atoms with Gasteiger partial charge in [0.1, 0.15) is 5.75 Å². The number of nitrogens with one attached hydrogen (secondary N) is 1. The van der Waals surface area contributed by atoms with Crippen LogP contribution in [0, 0.1) is 6.92 Å². The number of anilines is 2. The predicted molar refractivity (Wildman–Crippen MR) is 109 cm³/mol. The van der Waals surface area contributed by atoms with Crippen LogP contribution in [0.25, 0.3) is 0 Å². The maximum atomic E-state index is 12.3. The average Bonchev–Trinajstić information content (AvgIpc) is 2.97. The predicted octanol–water partition coefficient (Wildman–Crippen LogP) is 3.58. The molecule has 7 nitrogen and oxygen atoms in total. The van der Waals surface area contributed by atoms with E-state index in [9.17, 15) is 4.79 Å². The number of aromatic nitrogens is 2. The summed E-state index contributed by atoms with van der Waals surface area (Å²) in [7, 11) is 0. The number of benzene rings is 1. The van der Waals surface area contributed by atoms with E-state index < -0.39 is 0 Å². The normalized spacial score (nSPS) is 14.3. The van der Waals surface area contributed by atoms with Gasteiger partial charge in [-0.3, -0.25) is 4.79 Å². The molecule has 2 heterocycles. The molecular formula is C21H28N4O3. The van der Waals surface area contributed by atoms with Crippen molar-refractivity contribution in [2.45, 2.75) is 39.5 Å². The molecule has 0 saturated carbocycles. The van der Waals surface area contributed by atoms with Crippen molar-refractivity contribution in [3.05, 3.63) is 36.0 Å². The van der Waals surface area contributed by atoms with Crippen LogP contribution in [0.3, 0.4) is 0 Å². The number of ether oxygens (including phenoxy) is 2. The van der Waals surface area contributed by atoms with Crippen LogP contribution in [-0.4, -0.2) is 42.2 Å². The minimum atomic E-state index is -0.264. The summed E-state index contributed by atoms with van der Waals surface area (Å²) in [5, 5.41) is 2.82. The molecule has 7 heteroatoms. The van der Waals surface area contributed by atoms with Crippen LogP contribution in [-0.2, 0) is 4.79 Å². The van der Waals surface area contributed by atoms with Crippen LogP contribution in [0.1, 0.15) is 38.3 Å². The molecule has 1 aromatic carbocycles. The van der Waals surface area contributed by atoms with E-state index in [4.69, 9.17) is 9.47 Å². The van der Waals surface area contributed by atoms with Gasteiger partial charge in [-0.1, -0.05) is 25.0 Å². The van der Waals surface area contributed by atoms with Gasteiger partial charge in [0.2, 0.25) is 11.8 Å². The van der Waals surface area contributed by atoms with Gasteiger partial charge in [-0.25, -0.2) is 4.98 Å². The first-order valence-corrected chi connectivity index (χ1v) is 9.91. The molecule has 0 spiro atoms. The van der Waals surface area contributed by atoms with Crippen LogP contribution >= 0.6 is 0 Å². The lowest BCUT2D eigenvalue weighted by atomic mass is 10.2. The summed E-state index contributed by atoms with van der Waals surface area (Å²) >= 11 is 0. The molecule has 2 aromatic rings. The summed E-state index contributed by atoms with van der Waals surface area (Å²) in [6.45, 7) is 6.13. The highest BCUT2D eigenvalue weighted by atomic mass is 16.5. The zero-order valence-corrected chi connectivity index (χ0v) is 16.6. The standard InChI is InChI=1S/C21H28N4O3/c1-3-27-18-11-7-6-10-17(18)23-19(26)15-28-20-14-16(2)22-21(24-20)25-12-8-4-5-9-13-25/h6-7,10-11,14H,3-5,8-9,12-13,15H2,1-2H3,(H,23,26). The maximum absolute atomic E-state index is 12.3. The van der Waals surface area contributed by atoms with E-state index in [0.29, 0.717) is 29.9 Å². The van der Waals surface area contributed by atoms with E-state index in [1.54, 1.807) is 12.1 Å². The minimum Gasteiger partial charge on any atom is -0.492 e. The molecule has 28 heavy (non-hydrogen) atoms. The van der Waals surface area contributed by atoms with Crippen molar-refractivity contribution in [1.82, 2.24) is 9.97 Å². The van der Waals surface area contributed by atoms with Gasteiger partial charge in [0, 0.05) is 24.8 Å². The van der Waals surface area contributed by atoms with E-state index in [2.05, 4.69) is 20.2 Å². The molecule has 0 radical (unpaired) electrons. The summed E-state index contributed by atoms with van der Waals surface area (Å²) in [5.74, 6) is 1.47. The molecule has 1 saturated heterocycles. The van der Waals surface area contributed by atoms with Crippen LogP contribution in [0.15, 0.2) is 30.3 Å². The highest BCUT2D eigenvalue weighted by Gasteiger charge is 2.15. The van der Waals surface area contributed by atoms with Crippen molar-refractivity contribution in [2.75, 3.05) is 36.5 Å². The van der Waals surface area contributed by atoms with Crippen molar-refractivity contribution >= 4 is 17.5 Å². The number of aryl methyl sites for hydroxylation is 1. The van der Waals surface area contributed by atoms with E-state index in [0.717, 1.165) is 31.6 Å². The number of para-hydroxylation sites is 2. The molecule has 1 amide bonds. The monoisotopic (exact) mass is 384 g/mol. The van der Waals surface area contributed by atoms with Gasteiger partial charge in [-0.2, -0.15) is 4.98 Å². The second kappa shape index (κ2) is 9.92. The number of carbonyl (C=O) groups is 1. The lowest BCUT2D eigenvalue weighted by Crippen LogP contribution is -2.26. The summed E-state index contributed by atoms with van der Waals surface area (Å²) in [5.41, 5.74) is 1.45. The SMILES string of the molecule is CCOc1ccccc1NC(=O)COc1cc(C)nc(N2CCCCCC2)n1. The van der Waals surface area contributed by atoms with Gasteiger partial charge in [0.25, 0.3) is 5.91 Å². The zero-order chi connectivity index (χ0) is 19.8. The lowest BCUT2D eigenvalue weighted by molar-refractivity contribution is -0.118. The van der Waals surface area contributed by atoms with Crippen molar-refractivity contribution in [1.29, 1.82) is 0 Å². The second-order valence-corrected chi connectivity index (χ2v) is 6.81. The van der Waals surface area contributed by atoms with Crippen LogP contribution in [0.5, 0.6) is 11.6 Å². The van der Waals surface area contributed by atoms with Gasteiger partial charge < -0.3 is 19.7 Å². The molecule has 1 aliphatic rings. The molecule has 0 aliphatic carbocycles. The molecular weight excluding hydrogens is 356 g/mol.